The molecule has 10 heteroatoms. The van der Waals surface area contributed by atoms with Crippen LogP contribution >= 0.6 is 15.9 Å². The number of primary amides is 1. The highest BCUT2D eigenvalue weighted by molar-refractivity contribution is 9.10. The number of amides is 1. The summed E-state index contributed by atoms with van der Waals surface area (Å²) in [6, 6.07) is 2.97. The lowest BCUT2D eigenvalue weighted by Gasteiger charge is -2.37. The van der Waals surface area contributed by atoms with Crippen LogP contribution in [-0.2, 0) is 7.05 Å². The third kappa shape index (κ3) is 3.09. The summed E-state index contributed by atoms with van der Waals surface area (Å²) in [5.41, 5.74) is 6.59. The van der Waals surface area contributed by atoms with Crippen LogP contribution in [0.2, 0.25) is 0 Å². The fourth-order valence-electron chi connectivity index (χ4n) is 3.41. The average molecular weight is 434 g/mol. The monoisotopic (exact) mass is 433 g/mol. The summed E-state index contributed by atoms with van der Waals surface area (Å²) < 4.78 is 16.5. The van der Waals surface area contributed by atoms with Gasteiger partial charge in [0.05, 0.1) is 22.8 Å². The third-order valence-corrected chi connectivity index (χ3v) is 5.17. The van der Waals surface area contributed by atoms with Crippen LogP contribution in [0.4, 0.5) is 15.9 Å². The number of benzene rings is 1. The first-order chi connectivity index (χ1) is 13.0. The lowest BCUT2D eigenvalue weighted by Crippen LogP contribution is -2.47. The Hall–Kier alpha value is -2.75. The van der Waals surface area contributed by atoms with Crippen molar-refractivity contribution in [1.82, 2.24) is 19.7 Å². The minimum Gasteiger partial charge on any atom is -0.367 e. The number of halogens is 2. The van der Waals surface area contributed by atoms with Crippen molar-refractivity contribution in [2.45, 2.75) is 0 Å². The molecule has 0 spiro atoms. The molecule has 1 amide bonds. The summed E-state index contributed by atoms with van der Waals surface area (Å²) in [5.74, 6) is -0.573. The molecule has 27 heavy (non-hydrogen) atoms. The second-order valence-electron chi connectivity index (χ2n) is 6.32. The number of hydrogen-bond donors (Lipinski definition) is 1. The van der Waals surface area contributed by atoms with E-state index in [0.717, 1.165) is 16.9 Å². The first kappa shape index (κ1) is 17.7. The van der Waals surface area contributed by atoms with E-state index in [0.29, 0.717) is 36.3 Å². The predicted octanol–water partition coefficient (Wildman–Crippen LogP) is 1.69. The third-order valence-electron chi connectivity index (χ3n) is 4.71. The van der Waals surface area contributed by atoms with Gasteiger partial charge in [-0.05, 0) is 12.1 Å². The summed E-state index contributed by atoms with van der Waals surface area (Å²) in [6.45, 7) is 2.52. The molecule has 1 fully saturated rings. The number of aromatic nitrogens is 4. The number of hydrogen-bond acceptors (Lipinski definition) is 6. The molecule has 0 aliphatic carbocycles. The molecule has 3 aromatic rings. The normalized spacial score (nSPS) is 14.8. The maximum absolute atomic E-state index is 14.2. The number of aryl methyl sites for hydroxylation is 1. The van der Waals surface area contributed by atoms with Gasteiger partial charge in [0.2, 0.25) is 0 Å². The van der Waals surface area contributed by atoms with Gasteiger partial charge in [-0.2, -0.15) is 5.10 Å². The maximum Gasteiger partial charge on any atom is 0.253 e. The van der Waals surface area contributed by atoms with Crippen molar-refractivity contribution in [3.8, 4) is 0 Å². The summed E-state index contributed by atoms with van der Waals surface area (Å²) in [7, 11) is 1.84. The van der Waals surface area contributed by atoms with Crippen molar-refractivity contribution in [2.24, 2.45) is 12.8 Å². The zero-order valence-electron chi connectivity index (χ0n) is 14.6. The Bertz CT molecular complexity index is 1030. The van der Waals surface area contributed by atoms with E-state index in [1.165, 1.54) is 12.4 Å². The first-order valence-corrected chi connectivity index (χ1v) is 9.16. The number of fused-ring (bicyclic) bond motifs is 1. The van der Waals surface area contributed by atoms with Crippen molar-refractivity contribution < 1.29 is 9.18 Å². The van der Waals surface area contributed by atoms with Gasteiger partial charge < -0.3 is 15.5 Å². The number of nitrogens with zero attached hydrogens (tertiary/aromatic N) is 6. The van der Waals surface area contributed by atoms with Crippen LogP contribution in [0.5, 0.6) is 0 Å². The number of piperazine rings is 1. The van der Waals surface area contributed by atoms with Gasteiger partial charge in [0.1, 0.15) is 18.0 Å². The van der Waals surface area contributed by atoms with E-state index >= 15 is 0 Å². The van der Waals surface area contributed by atoms with Crippen LogP contribution in [-0.4, -0.2) is 51.8 Å². The summed E-state index contributed by atoms with van der Waals surface area (Å²) in [6.07, 6.45) is 3.28. The molecule has 1 saturated heterocycles. The lowest BCUT2D eigenvalue weighted by atomic mass is 10.1. The Labute approximate surface area is 162 Å². The summed E-state index contributed by atoms with van der Waals surface area (Å²) in [5, 5.41) is 5.13. The quantitative estimate of drug-likeness (QED) is 0.675. The van der Waals surface area contributed by atoms with Crippen molar-refractivity contribution in [2.75, 3.05) is 36.0 Å². The standard InChI is InChI=1S/C17H17BrFN7O/c1-24-16-11(8-23-24)17(22-9-21-16)26-4-2-25(3-5-26)13-7-10(18)6-12(19)14(13)15(20)27/h6-9H,2-5H2,1H3,(H2,20,27). The van der Waals surface area contributed by atoms with Gasteiger partial charge in [-0.1, -0.05) is 15.9 Å². The molecule has 0 atom stereocenters. The molecule has 1 aromatic carbocycles. The number of carbonyl (C=O) groups is 1. The van der Waals surface area contributed by atoms with Crippen molar-refractivity contribution in [3.05, 3.63) is 40.5 Å². The smallest absolute Gasteiger partial charge is 0.253 e. The molecule has 4 rings (SSSR count). The van der Waals surface area contributed by atoms with Crippen LogP contribution < -0.4 is 15.5 Å². The van der Waals surface area contributed by atoms with Crippen LogP contribution in [0.15, 0.2) is 29.1 Å². The highest BCUT2D eigenvalue weighted by atomic mass is 79.9. The minimum atomic E-state index is -0.773. The van der Waals surface area contributed by atoms with Gasteiger partial charge in [-0.15, -0.1) is 0 Å². The molecular weight excluding hydrogens is 417 g/mol. The van der Waals surface area contributed by atoms with E-state index in [9.17, 15) is 9.18 Å². The Morgan fingerprint density at radius 1 is 1.19 bits per heavy atom. The highest BCUT2D eigenvalue weighted by Gasteiger charge is 2.25. The molecule has 0 radical (unpaired) electrons. The highest BCUT2D eigenvalue weighted by Crippen LogP contribution is 2.30. The Kier molecular flexibility index (Phi) is 4.42. The van der Waals surface area contributed by atoms with Gasteiger partial charge in [0.15, 0.2) is 5.65 Å². The lowest BCUT2D eigenvalue weighted by molar-refractivity contribution is 0.0997. The first-order valence-electron chi connectivity index (χ1n) is 8.37. The van der Waals surface area contributed by atoms with Gasteiger partial charge in [0.25, 0.3) is 5.91 Å². The molecule has 1 aliphatic rings. The molecular formula is C17H17BrFN7O. The Balaban J connectivity index is 1.60. The largest absolute Gasteiger partial charge is 0.367 e. The van der Waals surface area contributed by atoms with Gasteiger partial charge in [-0.25, -0.2) is 14.4 Å². The van der Waals surface area contributed by atoms with Crippen LogP contribution in [0.1, 0.15) is 10.4 Å². The number of nitrogens with two attached hydrogens (primary N) is 1. The van der Waals surface area contributed by atoms with Gasteiger partial charge in [0, 0.05) is 37.7 Å². The molecule has 140 valence electrons. The van der Waals surface area contributed by atoms with Gasteiger partial charge >= 0.3 is 0 Å². The second kappa shape index (κ2) is 6.76. The average Bonchev–Trinajstić information content (AvgIpc) is 3.02. The second-order valence-corrected chi connectivity index (χ2v) is 7.24. The minimum absolute atomic E-state index is 0.0802. The molecule has 0 saturated carbocycles. The van der Waals surface area contributed by atoms with Crippen LogP contribution in [0, 0.1) is 5.82 Å². The Morgan fingerprint density at radius 3 is 2.59 bits per heavy atom. The molecule has 3 heterocycles. The van der Waals surface area contributed by atoms with E-state index in [4.69, 9.17) is 5.73 Å². The SMILES string of the molecule is Cn1ncc2c(N3CCN(c4cc(Br)cc(F)c4C(N)=O)CC3)ncnc21. The predicted molar refractivity (Wildman–Crippen MR) is 103 cm³/mol. The fraction of sp³-hybridized carbons (Fsp3) is 0.294. The van der Waals surface area contributed by atoms with Gasteiger partial charge in [-0.3, -0.25) is 9.48 Å². The van der Waals surface area contributed by atoms with E-state index in [1.807, 2.05) is 11.9 Å². The zero-order valence-corrected chi connectivity index (χ0v) is 16.1. The van der Waals surface area contributed by atoms with E-state index in [-0.39, 0.29) is 5.56 Å². The summed E-state index contributed by atoms with van der Waals surface area (Å²) in [4.78, 5) is 24.5. The summed E-state index contributed by atoms with van der Waals surface area (Å²) >= 11 is 3.29. The van der Waals surface area contributed by atoms with E-state index < -0.39 is 11.7 Å². The van der Waals surface area contributed by atoms with Crippen molar-refractivity contribution in [1.29, 1.82) is 0 Å². The fourth-order valence-corrected chi connectivity index (χ4v) is 3.83. The molecule has 2 N–H and O–H groups in total. The van der Waals surface area contributed by atoms with Crippen LogP contribution in [0.3, 0.4) is 0 Å². The molecule has 2 aromatic heterocycles. The maximum atomic E-state index is 14.2. The molecule has 0 bridgehead atoms. The molecule has 0 unspecified atom stereocenters. The topological polar surface area (TPSA) is 93.2 Å². The van der Waals surface area contributed by atoms with E-state index in [1.54, 1.807) is 16.9 Å². The number of carbonyl (C=O) groups excluding carboxylic acids is 1. The van der Waals surface area contributed by atoms with Crippen molar-refractivity contribution >= 4 is 44.4 Å². The number of rotatable bonds is 3. The van der Waals surface area contributed by atoms with Crippen molar-refractivity contribution in [3.63, 3.8) is 0 Å². The van der Waals surface area contributed by atoms with Crippen LogP contribution in [0.25, 0.3) is 11.0 Å². The Morgan fingerprint density at radius 2 is 1.89 bits per heavy atom. The van der Waals surface area contributed by atoms with E-state index in [2.05, 4.69) is 35.9 Å². The number of anilines is 2. The zero-order chi connectivity index (χ0) is 19.1. The molecule has 8 nitrogen and oxygen atoms in total. The molecule has 1 aliphatic heterocycles.